The minimum absolute atomic E-state index is 0.303. The van der Waals surface area contributed by atoms with Gasteiger partial charge in [-0.25, -0.2) is 4.98 Å². The first kappa shape index (κ1) is 15.1. The van der Waals surface area contributed by atoms with Gasteiger partial charge >= 0.3 is 0 Å². The van der Waals surface area contributed by atoms with Crippen molar-refractivity contribution in [1.82, 2.24) is 14.6 Å². The van der Waals surface area contributed by atoms with E-state index in [2.05, 4.69) is 26.0 Å². The first-order valence-electron chi connectivity index (χ1n) is 6.60. The molecule has 1 aliphatic rings. The van der Waals surface area contributed by atoms with Gasteiger partial charge < -0.3 is 17.2 Å². The normalized spacial score (nSPS) is 15.9. The van der Waals surface area contributed by atoms with Gasteiger partial charge in [-0.15, -0.1) is 0 Å². The number of rotatable bonds is 0. The number of fused-ring (bicyclic) bond motifs is 1. The summed E-state index contributed by atoms with van der Waals surface area (Å²) in [7, 11) is 5.59. The van der Waals surface area contributed by atoms with E-state index in [0.29, 0.717) is 33.3 Å². The molecule has 1 saturated carbocycles. The van der Waals surface area contributed by atoms with E-state index in [0.717, 1.165) is 0 Å². The van der Waals surface area contributed by atoms with Gasteiger partial charge in [0.2, 0.25) is 0 Å². The van der Waals surface area contributed by atoms with E-state index < -0.39 is 0 Å². The third kappa shape index (κ3) is 3.24. The number of nitrogen functional groups attached to an aromatic ring is 2. The predicted octanol–water partition coefficient (Wildman–Crippen LogP) is 0.728. The molecule has 0 saturated heterocycles. The number of aromatic nitrogens is 3. The predicted molar refractivity (Wildman–Crippen MR) is 86.0 cm³/mol. The summed E-state index contributed by atoms with van der Waals surface area (Å²) in [5.74, 6) is 0.691. The summed E-state index contributed by atoms with van der Waals surface area (Å²) in [6.45, 7) is 0. The molecule has 0 amide bonds. The zero-order chi connectivity index (χ0) is 14.7. The fourth-order valence-electron chi connectivity index (χ4n) is 2.16. The van der Waals surface area contributed by atoms with Crippen molar-refractivity contribution in [1.29, 1.82) is 0 Å². The lowest BCUT2D eigenvalue weighted by Crippen LogP contribution is -2.22. The molecule has 6 N–H and O–H groups in total. The fraction of sp³-hybridized carbons (Fsp3) is 0.500. The van der Waals surface area contributed by atoms with Crippen molar-refractivity contribution in [2.24, 2.45) is 5.73 Å². The first-order valence-corrected chi connectivity index (χ1v) is 7.39. The van der Waals surface area contributed by atoms with E-state index in [1.54, 1.807) is 0 Å². The average Bonchev–Trinajstić information content (AvgIpc) is 2.80. The molecule has 0 aromatic carbocycles. The highest BCUT2D eigenvalue weighted by Crippen LogP contribution is 2.24. The van der Waals surface area contributed by atoms with Crippen LogP contribution in [-0.2, 0) is 0 Å². The molecule has 0 unspecified atom stereocenters. The monoisotopic (exact) mass is 336 g/mol. The molecule has 8 heteroatoms. The second-order valence-electron chi connectivity index (χ2n) is 4.93. The topological polar surface area (TPSA) is 108 Å². The second kappa shape index (κ2) is 6.45. The summed E-state index contributed by atoms with van der Waals surface area (Å²) in [6, 6.07) is 0.536. The lowest BCUT2D eigenvalue weighted by molar-refractivity contribution is 0.441. The Labute approximate surface area is 127 Å². The average molecular weight is 337 g/mol. The van der Waals surface area contributed by atoms with Gasteiger partial charge in [-0.2, -0.15) is 9.61 Å². The number of nitrogens with two attached hydrogens (primary N) is 3. The van der Waals surface area contributed by atoms with Crippen LogP contribution in [0, 0.1) is 0 Å². The summed E-state index contributed by atoms with van der Waals surface area (Å²) < 4.78 is 1.96. The molecular formula is C12H18BBrN6. The smallest absolute Gasteiger partial charge is 0.152 e. The van der Waals surface area contributed by atoms with Crippen LogP contribution in [0.5, 0.6) is 0 Å². The zero-order valence-corrected chi connectivity index (χ0v) is 12.8. The Morgan fingerprint density at radius 3 is 2.45 bits per heavy atom. The summed E-state index contributed by atoms with van der Waals surface area (Å²) in [4.78, 5) is 4.02. The molecule has 1 fully saturated rings. The van der Waals surface area contributed by atoms with E-state index in [-0.39, 0.29) is 0 Å². The summed E-state index contributed by atoms with van der Waals surface area (Å²) >= 11 is 3.20. The largest absolute Gasteiger partial charge is 0.383 e. The quantitative estimate of drug-likeness (QED) is 0.614. The van der Waals surface area contributed by atoms with Gasteiger partial charge in [0.1, 0.15) is 24.0 Å². The molecule has 0 bridgehead atoms. The standard InChI is InChI=1S/C6H5BBrN5.C6H13N/c7-2-1-11-13-5(10)3(8)4(9)12-6(2)13;7-6-4-2-1-3-5-6/h1H,10H2,(H2,9,12);6H,1-5,7H2. The van der Waals surface area contributed by atoms with E-state index in [4.69, 9.17) is 25.0 Å². The molecule has 6 nitrogen and oxygen atoms in total. The molecule has 2 aromatic rings. The number of hydrogen-bond acceptors (Lipinski definition) is 5. The Kier molecular flexibility index (Phi) is 4.88. The van der Waals surface area contributed by atoms with Gasteiger partial charge in [0.15, 0.2) is 5.65 Å². The molecule has 0 spiro atoms. The molecule has 2 heterocycles. The van der Waals surface area contributed by atoms with E-state index in [1.807, 2.05) is 0 Å². The lowest BCUT2D eigenvalue weighted by atomic mass is 9.97. The van der Waals surface area contributed by atoms with Gasteiger partial charge in [-0.1, -0.05) is 19.3 Å². The maximum Gasteiger partial charge on any atom is 0.152 e. The van der Waals surface area contributed by atoms with Gasteiger partial charge in [0, 0.05) is 12.2 Å². The van der Waals surface area contributed by atoms with Crippen LogP contribution in [0.2, 0.25) is 0 Å². The zero-order valence-electron chi connectivity index (χ0n) is 11.2. The Hall–Kier alpha value is -1.28. The van der Waals surface area contributed by atoms with Crippen LogP contribution in [0.4, 0.5) is 11.6 Å². The Bertz CT molecular complexity index is 593. The number of nitrogens with zero attached hydrogens (tertiary/aromatic N) is 3. The highest BCUT2D eigenvalue weighted by molar-refractivity contribution is 9.10. The van der Waals surface area contributed by atoms with Crippen LogP contribution >= 0.6 is 15.9 Å². The maximum atomic E-state index is 5.71. The molecule has 0 atom stereocenters. The summed E-state index contributed by atoms with van der Waals surface area (Å²) in [5.41, 5.74) is 17.8. The lowest BCUT2D eigenvalue weighted by Gasteiger charge is -2.15. The van der Waals surface area contributed by atoms with Gasteiger partial charge in [-0.05, 0) is 34.2 Å². The highest BCUT2D eigenvalue weighted by Gasteiger charge is 2.10. The SMILES string of the molecule is NC1CCCCC1.[B]c1cnn2c(N)c(Br)c(N)nc12. The first-order chi connectivity index (χ1) is 9.50. The Morgan fingerprint density at radius 1 is 1.25 bits per heavy atom. The molecule has 20 heavy (non-hydrogen) atoms. The van der Waals surface area contributed by atoms with Crippen molar-refractivity contribution in [3.8, 4) is 0 Å². The van der Waals surface area contributed by atoms with Crippen LogP contribution < -0.4 is 22.7 Å². The number of anilines is 2. The third-order valence-corrected chi connectivity index (χ3v) is 4.14. The van der Waals surface area contributed by atoms with Crippen molar-refractivity contribution in [2.45, 2.75) is 38.1 Å². The van der Waals surface area contributed by atoms with E-state index in [9.17, 15) is 0 Å². The number of halogens is 1. The van der Waals surface area contributed by atoms with E-state index in [1.165, 1.54) is 42.8 Å². The van der Waals surface area contributed by atoms with Crippen molar-refractivity contribution in [2.75, 3.05) is 11.5 Å². The van der Waals surface area contributed by atoms with Crippen LogP contribution in [0.25, 0.3) is 5.65 Å². The summed E-state index contributed by atoms with van der Waals surface area (Å²) in [6.07, 6.45) is 8.14. The Morgan fingerprint density at radius 2 is 1.90 bits per heavy atom. The highest BCUT2D eigenvalue weighted by atomic mass is 79.9. The van der Waals surface area contributed by atoms with Gasteiger partial charge in [0.25, 0.3) is 0 Å². The van der Waals surface area contributed by atoms with Gasteiger partial charge in [-0.3, -0.25) is 0 Å². The fourth-order valence-corrected chi connectivity index (χ4v) is 2.42. The van der Waals surface area contributed by atoms with Gasteiger partial charge in [0.05, 0.1) is 0 Å². The molecule has 2 radical (unpaired) electrons. The molecule has 106 valence electrons. The third-order valence-electron chi connectivity index (χ3n) is 3.33. The van der Waals surface area contributed by atoms with Crippen LogP contribution in [0.1, 0.15) is 32.1 Å². The molecule has 0 aliphatic heterocycles. The number of hydrogen-bond donors (Lipinski definition) is 3. The van der Waals surface area contributed by atoms with Crippen molar-refractivity contribution >= 4 is 46.5 Å². The molecule has 3 rings (SSSR count). The summed E-state index contributed by atoms with van der Waals surface area (Å²) in [5, 5.41) is 3.94. The van der Waals surface area contributed by atoms with Crippen molar-refractivity contribution in [3.63, 3.8) is 0 Å². The van der Waals surface area contributed by atoms with E-state index >= 15 is 0 Å². The molecule has 1 aliphatic carbocycles. The van der Waals surface area contributed by atoms with Crippen molar-refractivity contribution < 1.29 is 0 Å². The molecule has 2 aromatic heterocycles. The van der Waals surface area contributed by atoms with Crippen LogP contribution in [-0.4, -0.2) is 28.5 Å². The second-order valence-corrected chi connectivity index (χ2v) is 5.72. The van der Waals surface area contributed by atoms with Crippen LogP contribution in [0.3, 0.4) is 0 Å². The molecular weight excluding hydrogens is 319 g/mol. The minimum atomic E-state index is 0.303. The van der Waals surface area contributed by atoms with Crippen molar-refractivity contribution in [3.05, 3.63) is 10.7 Å². The Balaban J connectivity index is 0.000000178. The minimum Gasteiger partial charge on any atom is -0.383 e. The van der Waals surface area contributed by atoms with Crippen LogP contribution in [0.15, 0.2) is 10.7 Å². The maximum absolute atomic E-state index is 5.71.